The van der Waals surface area contributed by atoms with Crippen LogP contribution < -0.4 is 20.7 Å². The summed E-state index contributed by atoms with van der Waals surface area (Å²) in [5, 5.41) is 10.4. The van der Waals surface area contributed by atoms with Crippen LogP contribution in [0.1, 0.15) is 35.0 Å². The average Bonchev–Trinajstić information content (AvgIpc) is 3.51. The van der Waals surface area contributed by atoms with Crippen LogP contribution in [0.2, 0.25) is 0 Å². The van der Waals surface area contributed by atoms with Crippen LogP contribution in [0.5, 0.6) is 5.75 Å². The van der Waals surface area contributed by atoms with E-state index in [1.165, 1.54) is 23.1 Å². The summed E-state index contributed by atoms with van der Waals surface area (Å²) in [5.41, 5.74) is 1.87. The Morgan fingerprint density at radius 2 is 1.56 bits per heavy atom. The summed E-state index contributed by atoms with van der Waals surface area (Å²) >= 11 is 2.85. The Hall–Kier alpha value is -4.34. The van der Waals surface area contributed by atoms with E-state index >= 15 is 0 Å². The average molecular weight is 586 g/mol. The second-order valence-corrected chi connectivity index (χ2v) is 11.0. The van der Waals surface area contributed by atoms with E-state index in [2.05, 4.69) is 22.9 Å². The van der Waals surface area contributed by atoms with Gasteiger partial charge < -0.3 is 20.7 Å². The van der Waals surface area contributed by atoms with Gasteiger partial charge in [-0.05, 0) is 84.6 Å². The fourth-order valence-corrected chi connectivity index (χ4v) is 4.96. The second kappa shape index (κ2) is 15.4. The van der Waals surface area contributed by atoms with Crippen molar-refractivity contribution in [2.45, 2.75) is 24.7 Å². The minimum Gasteiger partial charge on any atom is -0.494 e. The van der Waals surface area contributed by atoms with Gasteiger partial charge in [0.1, 0.15) is 11.4 Å². The molecule has 7 nitrogen and oxygen atoms in total. The van der Waals surface area contributed by atoms with E-state index < -0.39 is 5.91 Å². The summed E-state index contributed by atoms with van der Waals surface area (Å²) in [5.74, 6) is 0.0870. The van der Waals surface area contributed by atoms with E-state index in [1.54, 1.807) is 42.5 Å². The van der Waals surface area contributed by atoms with Gasteiger partial charge in [-0.25, -0.2) is 0 Å². The van der Waals surface area contributed by atoms with Crippen LogP contribution in [0.15, 0.2) is 107 Å². The minimum atomic E-state index is -0.441. The number of carbonyl (C=O) groups excluding carboxylic acids is 3. The highest BCUT2D eigenvalue weighted by molar-refractivity contribution is 8.00. The lowest BCUT2D eigenvalue weighted by Crippen LogP contribution is -2.30. The van der Waals surface area contributed by atoms with Crippen LogP contribution in [-0.2, 0) is 9.59 Å². The lowest BCUT2D eigenvalue weighted by atomic mass is 10.2. The third kappa shape index (κ3) is 9.66. The van der Waals surface area contributed by atoms with E-state index in [4.69, 9.17) is 4.74 Å². The van der Waals surface area contributed by atoms with Gasteiger partial charge in [-0.3, -0.25) is 14.4 Å². The first-order valence-electron chi connectivity index (χ1n) is 13.2. The van der Waals surface area contributed by atoms with E-state index in [0.717, 1.165) is 28.4 Å². The molecule has 41 heavy (non-hydrogen) atoms. The Morgan fingerprint density at radius 3 is 2.24 bits per heavy atom. The molecular formula is C32H31N3O4S2. The molecule has 0 fully saturated rings. The largest absolute Gasteiger partial charge is 0.494 e. The van der Waals surface area contributed by atoms with Crippen LogP contribution >= 0.6 is 23.1 Å². The first-order chi connectivity index (χ1) is 20.0. The Labute approximate surface area is 248 Å². The van der Waals surface area contributed by atoms with Crippen molar-refractivity contribution >= 4 is 58.3 Å². The van der Waals surface area contributed by atoms with E-state index in [0.29, 0.717) is 23.5 Å². The summed E-state index contributed by atoms with van der Waals surface area (Å²) in [6.07, 6.45) is 3.73. The van der Waals surface area contributed by atoms with Gasteiger partial charge in [-0.1, -0.05) is 37.6 Å². The van der Waals surface area contributed by atoms with Crippen molar-refractivity contribution in [1.29, 1.82) is 0 Å². The molecule has 0 saturated heterocycles. The molecule has 0 aliphatic carbocycles. The smallest absolute Gasteiger partial charge is 0.272 e. The first-order valence-corrected chi connectivity index (χ1v) is 15.0. The minimum absolute atomic E-state index is 0.121. The Morgan fingerprint density at radius 1 is 0.854 bits per heavy atom. The number of thioether (sulfide) groups is 1. The maximum Gasteiger partial charge on any atom is 0.272 e. The fraction of sp³-hybridized carbons (Fsp3) is 0.156. The fourth-order valence-electron chi connectivity index (χ4n) is 3.61. The number of hydrogen-bond acceptors (Lipinski definition) is 6. The highest BCUT2D eigenvalue weighted by Crippen LogP contribution is 2.22. The molecule has 3 amide bonds. The summed E-state index contributed by atoms with van der Waals surface area (Å²) < 4.78 is 5.65. The number of benzene rings is 3. The molecule has 0 unspecified atom stereocenters. The van der Waals surface area contributed by atoms with Crippen molar-refractivity contribution < 1.29 is 19.1 Å². The maximum atomic E-state index is 13.1. The summed E-state index contributed by atoms with van der Waals surface area (Å²) in [4.78, 5) is 40.0. The van der Waals surface area contributed by atoms with Crippen molar-refractivity contribution in [3.63, 3.8) is 0 Å². The van der Waals surface area contributed by atoms with E-state index in [-0.39, 0.29) is 23.3 Å². The second-order valence-electron chi connectivity index (χ2n) is 8.94. The maximum absolute atomic E-state index is 13.1. The van der Waals surface area contributed by atoms with Gasteiger partial charge in [0, 0.05) is 26.7 Å². The number of unbranched alkanes of at least 4 members (excludes halogenated alkanes) is 1. The summed E-state index contributed by atoms with van der Waals surface area (Å²) in [6.45, 7) is 2.79. The number of thiophene rings is 1. The highest BCUT2D eigenvalue weighted by atomic mass is 32.2. The van der Waals surface area contributed by atoms with Gasteiger partial charge in [0.25, 0.3) is 11.8 Å². The molecule has 4 rings (SSSR count). The Kier molecular flexibility index (Phi) is 11.2. The van der Waals surface area contributed by atoms with Crippen LogP contribution in [0.25, 0.3) is 6.08 Å². The highest BCUT2D eigenvalue weighted by Gasteiger charge is 2.15. The summed E-state index contributed by atoms with van der Waals surface area (Å²) in [6, 6.07) is 27.0. The molecule has 0 bridgehead atoms. The van der Waals surface area contributed by atoms with Gasteiger partial charge in [-0.15, -0.1) is 23.1 Å². The quantitative estimate of drug-likeness (QED) is 0.0886. The molecule has 1 heterocycles. The molecular weight excluding hydrogens is 555 g/mol. The zero-order valence-corrected chi connectivity index (χ0v) is 24.2. The van der Waals surface area contributed by atoms with Crippen molar-refractivity contribution in [1.82, 2.24) is 5.32 Å². The molecule has 4 aromatic rings. The van der Waals surface area contributed by atoms with Gasteiger partial charge in [0.05, 0.1) is 12.4 Å². The number of hydrogen-bond donors (Lipinski definition) is 3. The number of rotatable bonds is 13. The molecule has 1 aromatic heterocycles. The Bertz CT molecular complexity index is 1450. The zero-order valence-electron chi connectivity index (χ0n) is 22.6. The number of anilines is 2. The molecule has 3 aromatic carbocycles. The van der Waals surface area contributed by atoms with Crippen molar-refractivity contribution in [3.05, 3.63) is 113 Å². The lowest BCUT2D eigenvalue weighted by molar-refractivity contribution is -0.114. The van der Waals surface area contributed by atoms with Gasteiger partial charge in [0.2, 0.25) is 5.91 Å². The zero-order chi connectivity index (χ0) is 28.9. The third-order valence-electron chi connectivity index (χ3n) is 5.75. The third-order valence-corrected chi connectivity index (χ3v) is 7.58. The SMILES string of the molecule is CCCCOc1ccc(NC(=O)CSc2ccc(NC(=O)/C(=C/c3cccs3)NC(=O)c3ccccc3)cc2)cc1. The molecule has 0 aliphatic heterocycles. The lowest BCUT2D eigenvalue weighted by Gasteiger charge is -2.11. The molecule has 0 saturated carbocycles. The standard InChI is InChI=1S/C32H31N3O4S2/c1-2-3-19-39-26-15-11-24(12-16-26)33-30(36)22-41-27-17-13-25(14-18-27)34-32(38)29(21-28-10-7-20-40-28)35-31(37)23-8-5-4-6-9-23/h4-18,20-21H,2-3,19,22H2,1H3,(H,33,36)(H,34,38)(H,35,37)/b29-21-. The number of carbonyl (C=O) groups is 3. The number of ether oxygens (including phenoxy) is 1. The molecule has 0 aliphatic rings. The van der Waals surface area contributed by atoms with Crippen LogP contribution in [0.3, 0.4) is 0 Å². The molecule has 0 spiro atoms. The predicted octanol–water partition coefficient (Wildman–Crippen LogP) is 7.07. The van der Waals surface area contributed by atoms with Gasteiger partial charge in [0.15, 0.2) is 0 Å². The van der Waals surface area contributed by atoms with Crippen molar-refractivity contribution in [2.24, 2.45) is 0 Å². The summed E-state index contributed by atoms with van der Waals surface area (Å²) in [7, 11) is 0. The number of nitrogens with one attached hydrogen (secondary N) is 3. The topological polar surface area (TPSA) is 96.5 Å². The van der Waals surface area contributed by atoms with Crippen LogP contribution in [-0.4, -0.2) is 30.1 Å². The van der Waals surface area contributed by atoms with E-state index in [1.807, 2.05) is 60.0 Å². The predicted molar refractivity (Wildman–Crippen MR) is 167 cm³/mol. The Balaban J connectivity index is 1.30. The van der Waals surface area contributed by atoms with E-state index in [9.17, 15) is 14.4 Å². The first kappa shape index (κ1) is 29.6. The molecule has 3 N–H and O–H groups in total. The molecule has 0 radical (unpaired) electrons. The number of amides is 3. The van der Waals surface area contributed by atoms with Crippen molar-refractivity contribution in [2.75, 3.05) is 23.0 Å². The molecule has 210 valence electrons. The van der Waals surface area contributed by atoms with Crippen LogP contribution in [0.4, 0.5) is 11.4 Å². The molecule has 0 atom stereocenters. The van der Waals surface area contributed by atoms with Gasteiger partial charge >= 0.3 is 0 Å². The van der Waals surface area contributed by atoms with Crippen molar-refractivity contribution in [3.8, 4) is 5.75 Å². The molecule has 9 heteroatoms. The van der Waals surface area contributed by atoms with Gasteiger partial charge in [-0.2, -0.15) is 0 Å². The van der Waals surface area contributed by atoms with Crippen LogP contribution in [0, 0.1) is 0 Å². The normalized spacial score (nSPS) is 11.0. The monoisotopic (exact) mass is 585 g/mol.